The monoisotopic (exact) mass is 580 g/mol. The summed E-state index contributed by atoms with van der Waals surface area (Å²) in [7, 11) is 1.27. The lowest BCUT2D eigenvalue weighted by atomic mass is 9.95. The third kappa shape index (κ3) is 6.51. The number of fused-ring (bicyclic) bond motifs is 1. The molecule has 1 aliphatic heterocycles. The van der Waals surface area contributed by atoms with Gasteiger partial charge in [0.05, 0.1) is 48.8 Å². The molecule has 0 radical (unpaired) electrons. The molecule has 2 aromatic carbocycles. The Kier molecular flexibility index (Phi) is 9.61. The van der Waals surface area contributed by atoms with Crippen molar-refractivity contribution in [3.05, 3.63) is 84.5 Å². The number of nitrogens with zero attached hydrogens (tertiary/aromatic N) is 2. The number of thiazole rings is 1. The predicted octanol–water partition coefficient (Wildman–Crippen LogP) is 3.15. The Bertz CT molecular complexity index is 1640. The zero-order chi connectivity index (χ0) is 29.5. The first kappa shape index (κ1) is 29.6. The number of hydrogen-bond acceptors (Lipinski definition) is 10. The molecule has 0 aliphatic carbocycles. The molecule has 1 atom stereocenters. The van der Waals surface area contributed by atoms with Crippen molar-refractivity contribution >= 4 is 29.4 Å². The fourth-order valence-corrected chi connectivity index (χ4v) is 5.41. The molecule has 1 aliphatic rings. The van der Waals surface area contributed by atoms with E-state index >= 15 is 0 Å². The second-order valence-corrected chi connectivity index (χ2v) is 9.82. The van der Waals surface area contributed by atoms with E-state index in [0.717, 1.165) is 11.3 Å². The Morgan fingerprint density at radius 3 is 2.37 bits per heavy atom. The van der Waals surface area contributed by atoms with Gasteiger partial charge in [0.15, 0.2) is 22.9 Å². The maximum absolute atomic E-state index is 13.9. The van der Waals surface area contributed by atoms with E-state index in [9.17, 15) is 14.4 Å². The van der Waals surface area contributed by atoms with E-state index in [-0.39, 0.29) is 24.3 Å². The highest BCUT2D eigenvalue weighted by atomic mass is 32.1. The van der Waals surface area contributed by atoms with Crippen molar-refractivity contribution in [2.24, 2.45) is 4.99 Å². The van der Waals surface area contributed by atoms with E-state index in [4.69, 9.17) is 18.9 Å². The Morgan fingerprint density at radius 1 is 0.976 bits per heavy atom. The first-order chi connectivity index (χ1) is 19.8. The zero-order valence-electron chi connectivity index (χ0n) is 23.6. The number of esters is 2. The quantitative estimate of drug-likeness (QED) is 0.318. The van der Waals surface area contributed by atoms with Crippen molar-refractivity contribution in [3.63, 3.8) is 0 Å². The third-order valence-corrected chi connectivity index (χ3v) is 7.15. The summed E-state index contributed by atoms with van der Waals surface area (Å²) < 4.78 is 28.9. The maximum atomic E-state index is 13.9. The van der Waals surface area contributed by atoms with Gasteiger partial charge >= 0.3 is 11.9 Å². The molecule has 0 N–H and O–H groups in total. The number of allylic oxidation sites excluding steroid dienone is 1. The van der Waals surface area contributed by atoms with Crippen LogP contribution >= 0.6 is 11.3 Å². The van der Waals surface area contributed by atoms with E-state index < -0.39 is 18.0 Å². The van der Waals surface area contributed by atoms with Crippen molar-refractivity contribution in [1.29, 1.82) is 0 Å². The lowest BCUT2D eigenvalue weighted by molar-refractivity contribution is -0.143. The first-order valence-electron chi connectivity index (χ1n) is 13.2. The fraction of sp³-hybridized carbons (Fsp3) is 0.333. The summed E-state index contributed by atoms with van der Waals surface area (Å²) in [6, 6.07) is 11.7. The number of rotatable bonds is 11. The zero-order valence-corrected chi connectivity index (χ0v) is 24.4. The molecule has 0 bridgehead atoms. The molecule has 1 aromatic heterocycles. The fourth-order valence-electron chi connectivity index (χ4n) is 4.36. The van der Waals surface area contributed by atoms with E-state index in [1.807, 2.05) is 38.1 Å². The molecule has 10 nitrogen and oxygen atoms in total. The molecule has 0 saturated carbocycles. The minimum atomic E-state index is -0.832. The molecule has 0 saturated heterocycles. The van der Waals surface area contributed by atoms with Gasteiger partial charge in [-0.25, -0.2) is 14.6 Å². The van der Waals surface area contributed by atoms with Crippen molar-refractivity contribution in [2.75, 3.05) is 33.5 Å². The van der Waals surface area contributed by atoms with Crippen LogP contribution in [0.25, 0.3) is 6.08 Å². The van der Waals surface area contributed by atoms with Gasteiger partial charge in [0.2, 0.25) is 0 Å². The molecular formula is C30H32N2O8S. The SMILES string of the molecule is CCOC(=O)C1=C(C)N=c2s/c(=C\c3ccc(OCC)cc3)c(=O)n2[C@@H]1c1ccc(OCC(=O)OC)c(OCC)c1. The van der Waals surface area contributed by atoms with E-state index in [0.29, 0.717) is 45.3 Å². The van der Waals surface area contributed by atoms with Gasteiger partial charge in [0.25, 0.3) is 5.56 Å². The molecule has 216 valence electrons. The second kappa shape index (κ2) is 13.3. The Balaban J connectivity index is 1.86. The normalized spacial score (nSPS) is 14.7. The number of hydrogen-bond donors (Lipinski definition) is 0. The number of carbonyl (C=O) groups excluding carboxylic acids is 2. The summed E-state index contributed by atoms with van der Waals surface area (Å²) in [6.07, 6.45) is 1.79. The van der Waals surface area contributed by atoms with Crippen LogP contribution in [0.3, 0.4) is 0 Å². The van der Waals surface area contributed by atoms with Crippen LogP contribution in [-0.4, -0.2) is 50.0 Å². The lowest BCUT2D eigenvalue weighted by Crippen LogP contribution is -2.40. The molecular weight excluding hydrogens is 548 g/mol. The number of benzene rings is 2. The summed E-state index contributed by atoms with van der Waals surface area (Å²) in [6.45, 7) is 7.91. The highest BCUT2D eigenvalue weighted by Crippen LogP contribution is 2.36. The maximum Gasteiger partial charge on any atom is 0.343 e. The van der Waals surface area contributed by atoms with Crippen LogP contribution in [0.4, 0.5) is 0 Å². The van der Waals surface area contributed by atoms with E-state index in [1.54, 1.807) is 38.1 Å². The molecule has 3 aromatic rings. The molecule has 0 spiro atoms. The highest BCUT2D eigenvalue weighted by Gasteiger charge is 2.34. The van der Waals surface area contributed by atoms with Crippen LogP contribution in [0, 0.1) is 0 Å². The molecule has 0 unspecified atom stereocenters. The first-order valence-corrected chi connectivity index (χ1v) is 14.0. The largest absolute Gasteiger partial charge is 0.494 e. The lowest BCUT2D eigenvalue weighted by Gasteiger charge is -2.25. The Morgan fingerprint density at radius 2 is 1.71 bits per heavy atom. The molecule has 41 heavy (non-hydrogen) atoms. The van der Waals surface area contributed by atoms with Crippen LogP contribution in [-0.2, 0) is 19.1 Å². The summed E-state index contributed by atoms with van der Waals surface area (Å²) in [5.41, 5.74) is 1.81. The van der Waals surface area contributed by atoms with Crippen LogP contribution in [0.5, 0.6) is 17.2 Å². The molecule has 4 rings (SSSR count). The van der Waals surface area contributed by atoms with Gasteiger partial charge in [-0.3, -0.25) is 9.36 Å². The third-order valence-electron chi connectivity index (χ3n) is 6.16. The van der Waals surface area contributed by atoms with Crippen LogP contribution < -0.4 is 29.1 Å². The van der Waals surface area contributed by atoms with Crippen molar-refractivity contribution in [1.82, 2.24) is 4.57 Å². The Labute approximate surface area is 241 Å². The molecule has 0 fully saturated rings. The smallest absolute Gasteiger partial charge is 0.343 e. The summed E-state index contributed by atoms with van der Waals surface area (Å²) in [4.78, 5) is 43.8. The van der Waals surface area contributed by atoms with E-state index in [2.05, 4.69) is 9.73 Å². The van der Waals surface area contributed by atoms with Crippen LogP contribution in [0.15, 0.2) is 63.5 Å². The van der Waals surface area contributed by atoms with Gasteiger partial charge in [-0.05, 0) is 69.2 Å². The summed E-state index contributed by atoms with van der Waals surface area (Å²) in [5.74, 6) is 0.304. The van der Waals surface area contributed by atoms with E-state index in [1.165, 1.54) is 23.0 Å². The van der Waals surface area contributed by atoms with Crippen molar-refractivity contribution in [2.45, 2.75) is 33.7 Å². The van der Waals surface area contributed by atoms with Gasteiger partial charge in [-0.1, -0.05) is 29.5 Å². The summed E-state index contributed by atoms with van der Waals surface area (Å²) in [5, 5.41) is 0. The number of methoxy groups -OCH3 is 1. The van der Waals surface area contributed by atoms with Crippen LogP contribution in [0.2, 0.25) is 0 Å². The van der Waals surface area contributed by atoms with Crippen molar-refractivity contribution < 1.29 is 33.3 Å². The molecule has 2 heterocycles. The topological polar surface area (TPSA) is 115 Å². The second-order valence-electron chi connectivity index (χ2n) is 8.81. The minimum Gasteiger partial charge on any atom is -0.494 e. The van der Waals surface area contributed by atoms with Gasteiger partial charge < -0.3 is 23.7 Å². The van der Waals surface area contributed by atoms with Gasteiger partial charge in [0.1, 0.15) is 5.75 Å². The van der Waals surface area contributed by atoms with Gasteiger partial charge in [-0.15, -0.1) is 0 Å². The number of ether oxygens (including phenoxy) is 5. The standard InChI is InChI=1S/C30H32N2O8S/c1-6-37-21-12-9-19(10-13-21)15-24-28(34)32-27(26(29(35)39-8-3)18(4)31-30(32)41-24)20-11-14-22(23(16-20)38-7-2)40-17-25(33)36-5/h9-16,27H,6-8,17H2,1-5H3/b24-15-/t27-/m1/s1. The van der Waals surface area contributed by atoms with Gasteiger partial charge in [-0.2, -0.15) is 0 Å². The molecule has 0 amide bonds. The molecule has 11 heteroatoms. The number of carbonyl (C=O) groups is 2. The minimum absolute atomic E-state index is 0.162. The summed E-state index contributed by atoms with van der Waals surface area (Å²) >= 11 is 1.24. The number of aromatic nitrogens is 1. The highest BCUT2D eigenvalue weighted by molar-refractivity contribution is 7.07. The predicted molar refractivity (Wildman–Crippen MR) is 153 cm³/mol. The van der Waals surface area contributed by atoms with Gasteiger partial charge in [0, 0.05) is 0 Å². The van der Waals surface area contributed by atoms with Crippen LogP contribution in [0.1, 0.15) is 44.9 Å². The Hall–Kier alpha value is -4.38. The van der Waals surface area contributed by atoms with Crippen molar-refractivity contribution in [3.8, 4) is 17.2 Å². The average Bonchev–Trinajstić information content (AvgIpc) is 3.26. The average molecular weight is 581 g/mol.